The second-order valence-electron chi connectivity index (χ2n) is 4.94. The third-order valence-electron chi connectivity index (χ3n) is 3.75. The highest BCUT2D eigenvalue weighted by atomic mass is 16.5. The summed E-state index contributed by atoms with van der Waals surface area (Å²) in [6.45, 7) is 2.21. The number of carboxylic acids is 1. The molecule has 1 saturated carbocycles. The van der Waals surface area contributed by atoms with Gasteiger partial charge in [-0.3, -0.25) is 0 Å². The van der Waals surface area contributed by atoms with Crippen LogP contribution in [0.25, 0.3) is 0 Å². The Balaban J connectivity index is 2.01. The number of carbonyl (C=O) groups is 1. The molecule has 1 aliphatic rings. The van der Waals surface area contributed by atoms with Gasteiger partial charge in [0.25, 0.3) is 0 Å². The smallest absolute Gasteiger partial charge is 0.335 e. The van der Waals surface area contributed by atoms with E-state index in [2.05, 4.69) is 6.92 Å². The third-order valence-corrected chi connectivity index (χ3v) is 3.75. The molecule has 0 spiro atoms. The minimum absolute atomic E-state index is 0.291. The van der Waals surface area contributed by atoms with Gasteiger partial charge in [0, 0.05) is 0 Å². The Morgan fingerprint density at radius 2 is 1.94 bits per heavy atom. The first-order chi connectivity index (χ1) is 8.70. The lowest BCUT2D eigenvalue weighted by Crippen LogP contribution is -2.29. The van der Waals surface area contributed by atoms with E-state index in [1.54, 1.807) is 24.3 Å². The third kappa shape index (κ3) is 3.03. The molecule has 2 rings (SSSR count). The average molecular weight is 248 g/mol. The summed E-state index contributed by atoms with van der Waals surface area (Å²) in [4.78, 5) is 10.8. The fraction of sp³-hybridized carbons (Fsp3) is 0.533. The number of hydrogen-bond donors (Lipinski definition) is 1. The predicted octanol–water partition coefficient (Wildman–Crippen LogP) is 3.73. The Morgan fingerprint density at radius 1 is 1.28 bits per heavy atom. The van der Waals surface area contributed by atoms with Gasteiger partial charge in [-0.15, -0.1) is 0 Å². The van der Waals surface area contributed by atoms with Crippen LogP contribution in [0, 0.1) is 5.92 Å². The zero-order valence-electron chi connectivity index (χ0n) is 10.8. The van der Waals surface area contributed by atoms with Crippen LogP contribution < -0.4 is 4.74 Å². The Bertz CT molecular complexity index is 397. The largest absolute Gasteiger partial charge is 0.490 e. The molecule has 0 aromatic heterocycles. The Hall–Kier alpha value is -1.51. The van der Waals surface area contributed by atoms with Gasteiger partial charge in [0.15, 0.2) is 0 Å². The van der Waals surface area contributed by atoms with E-state index in [0.717, 1.165) is 18.6 Å². The summed E-state index contributed by atoms with van der Waals surface area (Å²) >= 11 is 0. The van der Waals surface area contributed by atoms with Crippen molar-refractivity contribution in [1.82, 2.24) is 0 Å². The number of hydrogen-bond acceptors (Lipinski definition) is 2. The Kier molecular flexibility index (Phi) is 4.24. The highest BCUT2D eigenvalue weighted by molar-refractivity contribution is 5.87. The first-order valence-electron chi connectivity index (χ1n) is 6.70. The van der Waals surface area contributed by atoms with Crippen molar-refractivity contribution in [2.45, 2.75) is 45.1 Å². The molecule has 1 fully saturated rings. The Labute approximate surface area is 108 Å². The normalized spacial score (nSPS) is 23.6. The average Bonchev–Trinajstić information content (AvgIpc) is 2.40. The maximum atomic E-state index is 10.8. The summed E-state index contributed by atoms with van der Waals surface area (Å²) in [6.07, 6.45) is 6.33. The van der Waals surface area contributed by atoms with Crippen molar-refractivity contribution in [3.05, 3.63) is 29.8 Å². The van der Waals surface area contributed by atoms with E-state index >= 15 is 0 Å². The molecule has 1 aromatic rings. The van der Waals surface area contributed by atoms with Crippen LogP contribution in [-0.4, -0.2) is 17.2 Å². The van der Waals surface area contributed by atoms with Gasteiger partial charge in [0.2, 0.25) is 0 Å². The van der Waals surface area contributed by atoms with Crippen LogP contribution in [0.1, 0.15) is 49.4 Å². The zero-order valence-corrected chi connectivity index (χ0v) is 10.8. The fourth-order valence-electron chi connectivity index (χ4n) is 2.65. The van der Waals surface area contributed by atoms with Crippen LogP contribution in [0.15, 0.2) is 24.3 Å². The van der Waals surface area contributed by atoms with Gasteiger partial charge in [-0.05, 0) is 55.9 Å². The SMILES string of the molecule is CCC1CCCCC1Oc1ccc(C(=O)O)cc1. The molecule has 0 aliphatic heterocycles. The summed E-state index contributed by atoms with van der Waals surface area (Å²) in [5.41, 5.74) is 0.304. The molecule has 0 heterocycles. The van der Waals surface area contributed by atoms with Crippen LogP contribution in [0.4, 0.5) is 0 Å². The van der Waals surface area contributed by atoms with Crippen LogP contribution in [0.3, 0.4) is 0 Å². The lowest BCUT2D eigenvalue weighted by atomic mass is 9.85. The molecule has 18 heavy (non-hydrogen) atoms. The van der Waals surface area contributed by atoms with Crippen LogP contribution in [0.5, 0.6) is 5.75 Å². The predicted molar refractivity (Wildman–Crippen MR) is 70.1 cm³/mol. The van der Waals surface area contributed by atoms with Crippen molar-refractivity contribution < 1.29 is 14.6 Å². The van der Waals surface area contributed by atoms with E-state index < -0.39 is 5.97 Å². The molecule has 1 aliphatic carbocycles. The van der Waals surface area contributed by atoms with E-state index in [9.17, 15) is 4.79 Å². The van der Waals surface area contributed by atoms with Gasteiger partial charge in [-0.2, -0.15) is 0 Å². The molecule has 2 unspecified atom stereocenters. The highest BCUT2D eigenvalue weighted by Gasteiger charge is 2.25. The van der Waals surface area contributed by atoms with Gasteiger partial charge < -0.3 is 9.84 Å². The van der Waals surface area contributed by atoms with Crippen molar-refractivity contribution in [3.63, 3.8) is 0 Å². The second-order valence-corrected chi connectivity index (χ2v) is 4.94. The van der Waals surface area contributed by atoms with Gasteiger partial charge in [0.05, 0.1) is 5.56 Å². The lowest BCUT2D eigenvalue weighted by Gasteiger charge is -2.31. The summed E-state index contributed by atoms with van der Waals surface area (Å²) in [5.74, 6) is 0.522. The molecule has 0 saturated heterocycles. The molecule has 1 aromatic carbocycles. The van der Waals surface area contributed by atoms with E-state index in [-0.39, 0.29) is 0 Å². The molecule has 0 bridgehead atoms. The maximum Gasteiger partial charge on any atom is 0.335 e. The Morgan fingerprint density at radius 3 is 2.56 bits per heavy atom. The summed E-state index contributed by atoms with van der Waals surface area (Å²) in [7, 11) is 0. The van der Waals surface area contributed by atoms with Crippen LogP contribution >= 0.6 is 0 Å². The summed E-state index contributed by atoms with van der Waals surface area (Å²) < 4.78 is 6.00. The number of ether oxygens (including phenoxy) is 1. The van der Waals surface area contributed by atoms with Gasteiger partial charge >= 0.3 is 5.97 Å². The molecule has 0 radical (unpaired) electrons. The van der Waals surface area contributed by atoms with E-state index in [1.165, 1.54) is 19.3 Å². The lowest BCUT2D eigenvalue weighted by molar-refractivity contribution is 0.0696. The van der Waals surface area contributed by atoms with Gasteiger partial charge in [-0.1, -0.05) is 13.3 Å². The first kappa shape index (κ1) is 12.9. The molecule has 98 valence electrons. The standard InChI is InChI=1S/C15H20O3/c1-2-11-5-3-4-6-14(11)18-13-9-7-12(8-10-13)15(16)17/h7-11,14H,2-6H2,1H3,(H,16,17). The minimum atomic E-state index is -0.898. The number of rotatable bonds is 4. The van der Waals surface area contributed by atoms with Crippen LogP contribution in [0.2, 0.25) is 0 Å². The number of carboxylic acid groups (broad SMARTS) is 1. The quantitative estimate of drug-likeness (QED) is 0.883. The van der Waals surface area contributed by atoms with Crippen LogP contribution in [-0.2, 0) is 0 Å². The van der Waals surface area contributed by atoms with Crippen molar-refractivity contribution in [1.29, 1.82) is 0 Å². The van der Waals surface area contributed by atoms with Gasteiger partial charge in [-0.25, -0.2) is 4.79 Å². The molecule has 2 atom stereocenters. The van der Waals surface area contributed by atoms with Crippen molar-refractivity contribution in [2.24, 2.45) is 5.92 Å². The molecular formula is C15H20O3. The fourth-order valence-corrected chi connectivity index (χ4v) is 2.65. The molecular weight excluding hydrogens is 228 g/mol. The molecule has 0 amide bonds. The molecule has 3 heteroatoms. The zero-order chi connectivity index (χ0) is 13.0. The van der Waals surface area contributed by atoms with E-state index in [1.807, 2.05) is 0 Å². The molecule has 3 nitrogen and oxygen atoms in total. The molecule has 1 N–H and O–H groups in total. The minimum Gasteiger partial charge on any atom is -0.490 e. The summed E-state index contributed by atoms with van der Waals surface area (Å²) in [5, 5.41) is 8.84. The number of benzene rings is 1. The topological polar surface area (TPSA) is 46.5 Å². The second kappa shape index (κ2) is 5.89. The van der Waals surface area contributed by atoms with Gasteiger partial charge in [0.1, 0.15) is 11.9 Å². The monoisotopic (exact) mass is 248 g/mol. The summed E-state index contributed by atoms with van der Waals surface area (Å²) in [6, 6.07) is 6.71. The maximum absolute atomic E-state index is 10.8. The van der Waals surface area contributed by atoms with Crippen molar-refractivity contribution >= 4 is 5.97 Å². The van der Waals surface area contributed by atoms with Crippen molar-refractivity contribution in [2.75, 3.05) is 0 Å². The van der Waals surface area contributed by atoms with E-state index in [4.69, 9.17) is 9.84 Å². The highest BCUT2D eigenvalue weighted by Crippen LogP contribution is 2.30. The first-order valence-corrected chi connectivity index (χ1v) is 6.70. The van der Waals surface area contributed by atoms with E-state index in [0.29, 0.717) is 17.6 Å². The number of aromatic carboxylic acids is 1. The van der Waals surface area contributed by atoms with Crippen molar-refractivity contribution in [3.8, 4) is 5.75 Å².